The Morgan fingerprint density at radius 2 is 2.04 bits per heavy atom. The molecule has 1 saturated heterocycles. The largest absolute Gasteiger partial charge is 0.445 e. The van der Waals surface area contributed by atoms with Gasteiger partial charge in [-0.2, -0.15) is 0 Å². The monoisotopic (exact) mass is 330 g/mol. The van der Waals surface area contributed by atoms with Crippen molar-refractivity contribution in [3.05, 3.63) is 64.9 Å². The lowest BCUT2D eigenvalue weighted by molar-refractivity contribution is 0.0678. The van der Waals surface area contributed by atoms with Crippen LogP contribution in [0.5, 0.6) is 0 Å². The van der Waals surface area contributed by atoms with E-state index in [0.717, 1.165) is 30.4 Å². The highest BCUT2D eigenvalue weighted by Crippen LogP contribution is 2.31. The number of carbonyl (C=O) groups is 1. The Morgan fingerprint density at radius 1 is 1.22 bits per heavy atom. The molecule has 4 nitrogen and oxygen atoms in total. The molecule has 0 unspecified atom stereocenters. The van der Waals surface area contributed by atoms with Crippen molar-refractivity contribution in [3.8, 4) is 0 Å². The second-order valence-corrected chi connectivity index (χ2v) is 6.05. The van der Waals surface area contributed by atoms with Crippen molar-refractivity contribution < 1.29 is 9.53 Å². The second-order valence-electron chi connectivity index (χ2n) is 5.66. The third-order valence-corrected chi connectivity index (χ3v) is 4.30. The molecule has 1 fully saturated rings. The van der Waals surface area contributed by atoms with Crippen LogP contribution in [0.1, 0.15) is 36.4 Å². The maximum atomic E-state index is 12.5. The van der Waals surface area contributed by atoms with Crippen LogP contribution in [0.15, 0.2) is 48.7 Å². The van der Waals surface area contributed by atoms with Crippen molar-refractivity contribution in [2.75, 3.05) is 6.54 Å². The van der Waals surface area contributed by atoms with Gasteiger partial charge in [-0.05, 0) is 36.5 Å². The molecule has 1 amide bonds. The van der Waals surface area contributed by atoms with Crippen LogP contribution in [0.2, 0.25) is 5.15 Å². The molecule has 1 atom stereocenters. The van der Waals surface area contributed by atoms with E-state index in [9.17, 15) is 4.79 Å². The molecule has 1 aromatic carbocycles. The summed E-state index contributed by atoms with van der Waals surface area (Å²) in [5.74, 6) is 0. The van der Waals surface area contributed by atoms with Crippen molar-refractivity contribution in [2.45, 2.75) is 31.9 Å². The molecule has 0 N–H and O–H groups in total. The zero-order chi connectivity index (χ0) is 16.1. The van der Waals surface area contributed by atoms with Crippen LogP contribution in [-0.4, -0.2) is 22.5 Å². The molecular weight excluding hydrogens is 312 g/mol. The van der Waals surface area contributed by atoms with Crippen LogP contribution >= 0.6 is 11.6 Å². The van der Waals surface area contributed by atoms with Gasteiger partial charge in [0.1, 0.15) is 11.8 Å². The third-order valence-electron chi connectivity index (χ3n) is 4.08. The fourth-order valence-electron chi connectivity index (χ4n) is 2.88. The Hall–Kier alpha value is -2.07. The molecule has 0 spiro atoms. The number of pyridine rings is 1. The number of likely N-dealkylation sites (tertiary alicyclic amines) is 1. The first kappa shape index (κ1) is 15.8. The summed E-state index contributed by atoms with van der Waals surface area (Å²) in [4.78, 5) is 18.4. The Labute approximate surface area is 141 Å². The van der Waals surface area contributed by atoms with E-state index >= 15 is 0 Å². The van der Waals surface area contributed by atoms with Gasteiger partial charge in [0, 0.05) is 12.7 Å². The molecule has 3 rings (SSSR count). The molecule has 1 aliphatic rings. The Bertz CT molecular complexity index is 646. The van der Waals surface area contributed by atoms with E-state index in [1.54, 1.807) is 17.2 Å². The van der Waals surface area contributed by atoms with Crippen molar-refractivity contribution in [2.24, 2.45) is 0 Å². The number of aromatic nitrogens is 1. The molecule has 1 aromatic heterocycles. The zero-order valence-electron chi connectivity index (χ0n) is 12.8. The van der Waals surface area contributed by atoms with E-state index in [0.29, 0.717) is 18.3 Å². The van der Waals surface area contributed by atoms with E-state index in [1.807, 2.05) is 36.4 Å². The number of nitrogens with zero attached hydrogens (tertiary/aromatic N) is 2. The van der Waals surface area contributed by atoms with Crippen LogP contribution in [0.4, 0.5) is 4.79 Å². The molecule has 2 heterocycles. The summed E-state index contributed by atoms with van der Waals surface area (Å²) < 4.78 is 5.48. The van der Waals surface area contributed by atoms with E-state index in [-0.39, 0.29) is 12.1 Å². The lowest BCUT2D eigenvalue weighted by atomic mass is 9.97. The smallest absolute Gasteiger partial charge is 0.410 e. The molecule has 0 aliphatic carbocycles. The minimum atomic E-state index is -0.270. The van der Waals surface area contributed by atoms with Crippen LogP contribution in [0.25, 0.3) is 0 Å². The number of benzene rings is 1. The number of hydrogen-bond donors (Lipinski definition) is 0. The normalized spacial score (nSPS) is 17.8. The Morgan fingerprint density at radius 3 is 2.78 bits per heavy atom. The summed E-state index contributed by atoms with van der Waals surface area (Å²) in [6, 6.07) is 13.4. The highest BCUT2D eigenvalue weighted by atomic mass is 35.5. The third kappa shape index (κ3) is 4.02. The lowest BCUT2D eigenvalue weighted by Crippen LogP contribution is -2.38. The van der Waals surface area contributed by atoms with Gasteiger partial charge >= 0.3 is 6.09 Å². The predicted molar refractivity (Wildman–Crippen MR) is 89.2 cm³/mol. The van der Waals surface area contributed by atoms with Gasteiger partial charge in [0.15, 0.2) is 0 Å². The fraction of sp³-hybridized carbons (Fsp3) is 0.333. The zero-order valence-corrected chi connectivity index (χ0v) is 13.6. The number of hydrogen-bond acceptors (Lipinski definition) is 3. The van der Waals surface area contributed by atoms with Crippen LogP contribution in [0, 0.1) is 0 Å². The molecule has 120 valence electrons. The average molecular weight is 331 g/mol. The van der Waals surface area contributed by atoms with Crippen molar-refractivity contribution in [1.29, 1.82) is 0 Å². The lowest BCUT2D eigenvalue weighted by Gasteiger charge is -2.35. The van der Waals surface area contributed by atoms with Gasteiger partial charge < -0.3 is 9.64 Å². The molecule has 2 aromatic rings. The number of ether oxygens (including phenoxy) is 1. The minimum Gasteiger partial charge on any atom is -0.445 e. The molecule has 23 heavy (non-hydrogen) atoms. The van der Waals surface area contributed by atoms with E-state index < -0.39 is 0 Å². The van der Waals surface area contributed by atoms with Gasteiger partial charge in [0.05, 0.1) is 6.04 Å². The van der Waals surface area contributed by atoms with Gasteiger partial charge in [0.25, 0.3) is 0 Å². The summed E-state index contributed by atoms with van der Waals surface area (Å²) in [5, 5.41) is 0.461. The molecule has 0 radical (unpaired) electrons. The second kappa shape index (κ2) is 7.47. The average Bonchev–Trinajstić information content (AvgIpc) is 2.61. The summed E-state index contributed by atoms with van der Waals surface area (Å²) in [7, 11) is 0. The summed E-state index contributed by atoms with van der Waals surface area (Å²) in [6.07, 6.45) is 4.49. The number of amides is 1. The van der Waals surface area contributed by atoms with Gasteiger partial charge in [-0.25, -0.2) is 9.78 Å². The van der Waals surface area contributed by atoms with E-state index in [2.05, 4.69) is 4.98 Å². The number of carbonyl (C=O) groups excluding carboxylic acids is 1. The van der Waals surface area contributed by atoms with Crippen LogP contribution < -0.4 is 0 Å². The maximum absolute atomic E-state index is 12.5. The summed E-state index contributed by atoms with van der Waals surface area (Å²) in [6.45, 7) is 1.00. The van der Waals surface area contributed by atoms with Gasteiger partial charge in [-0.1, -0.05) is 48.0 Å². The Balaban J connectivity index is 1.68. The van der Waals surface area contributed by atoms with Gasteiger partial charge in [-0.3, -0.25) is 0 Å². The highest BCUT2D eigenvalue weighted by molar-refractivity contribution is 6.29. The van der Waals surface area contributed by atoms with Crippen LogP contribution in [-0.2, 0) is 11.3 Å². The van der Waals surface area contributed by atoms with E-state index in [4.69, 9.17) is 16.3 Å². The summed E-state index contributed by atoms with van der Waals surface area (Å²) in [5.41, 5.74) is 1.99. The SMILES string of the molecule is O=C(OCc1ccccc1)N1CCCC[C@@H]1c1ccc(Cl)nc1. The molecule has 0 bridgehead atoms. The van der Waals surface area contributed by atoms with Gasteiger partial charge in [0.2, 0.25) is 0 Å². The standard InChI is InChI=1S/C18H19ClN2O2/c19-17-10-9-15(12-20-17)16-8-4-5-11-21(16)18(22)23-13-14-6-2-1-3-7-14/h1-3,6-7,9-10,12,16H,4-5,8,11,13H2/t16-/m1/s1. The van der Waals surface area contributed by atoms with Crippen molar-refractivity contribution in [3.63, 3.8) is 0 Å². The summed E-state index contributed by atoms with van der Waals surface area (Å²) >= 11 is 5.85. The first-order chi connectivity index (χ1) is 11.2. The van der Waals surface area contributed by atoms with Crippen molar-refractivity contribution >= 4 is 17.7 Å². The number of halogens is 1. The number of piperidine rings is 1. The fourth-order valence-corrected chi connectivity index (χ4v) is 3.00. The predicted octanol–water partition coefficient (Wildman–Crippen LogP) is 4.60. The van der Waals surface area contributed by atoms with Gasteiger partial charge in [-0.15, -0.1) is 0 Å². The van der Waals surface area contributed by atoms with Crippen molar-refractivity contribution in [1.82, 2.24) is 9.88 Å². The molecule has 0 saturated carbocycles. The molecule has 1 aliphatic heterocycles. The Kier molecular flexibility index (Phi) is 5.13. The topological polar surface area (TPSA) is 42.4 Å². The quantitative estimate of drug-likeness (QED) is 0.772. The first-order valence-electron chi connectivity index (χ1n) is 7.83. The maximum Gasteiger partial charge on any atom is 0.410 e. The number of rotatable bonds is 3. The first-order valence-corrected chi connectivity index (χ1v) is 8.20. The molecular formula is C18H19ClN2O2. The molecule has 5 heteroatoms. The minimum absolute atomic E-state index is 0.0109. The van der Waals surface area contributed by atoms with Crippen LogP contribution in [0.3, 0.4) is 0 Å². The highest BCUT2D eigenvalue weighted by Gasteiger charge is 2.29. The van der Waals surface area contributed by atoms with E-state index in [1.165, 1.54) is 0 Å².